The number of amides is 2. The number of piperazine rings is 1. The molecule has 1 fully saturated rings. The molecule has 0 atom stereocenters. The standard InChI is InChI=1S/C26H24F3N3O3/c1-18-5-2-6-19(15-18)17-32-10-4-9-22(25(32)35)24(34)31-13-11-30(12-14-31)23(33)20-7-3-8-21(16-20)26(27,28)29/h2-10,15-16H,11-14,17H2,1H3. The van der Waals surface area contributed by atoms with Gasteiger partial charge < -0.3 is 14.4 Å². The van der Waals surface area contributed by atoms with Crippen molar-refractivity contribution < 1.29 is 22.8 Å². The van der Waals surface area contributed by atoms with Crippen LogP contribution in [0.3, 0.4) is 0 Å². The smallest absolute Gasteiger partial charge is 0.335 e. The SMILES string of the molecule is Cc1cccc(Cn2cccc(C(=O)N3CCN(C(=O)c4cccc(C(F)(F)F)c4)CC3)c2=O)c1. The quantitative estimate of drug-likeness (QED) is 0.567. The first-order valence-electron chi connectivity index (χ1n) is 11.1. The van der Waals surface area contributed by atoms with Crippen LogP contribution in [0.1, 0.15) is 37.4 Å². The molecule has 0 spiro atoms. The maximum Gasteiger partial charge on any atom is 0.416 e. The summed E-state index contributed by atoms with van der Waals surface area (Å²) in [6, 6.07) is 15.2. The summed E-state index contributed by atoms with van der Waals surface area (Å²) >= 11 is 0. The number of pyridine rings is 1. The predicted octanol–water partition coefficient (Wildman–Crippen LogP) is 3.82. The number of carbonyl (C=O) groups is 2. The van der Waals surface area contributed by atoms with E-state index in [1.165, 1.54) is 32.6 Å². The summed E-state index contributed by atoms with van der Waals surface area (Å²) in [6.45, 7) is 2.96. The van der Waals surface area contributed by atoms with E-state index in [0.29, 0.717) is 6.54 Å². The minimum Gasteiger partial charge on any atom is -0.335 e. The van der Waals surface area contributed by atoms with Crippen LogP contribution in [0.15, 0.2) is 71.7 Å². The maximum atomic E-state index is 13.1. The second-order valence-corrected chi connectivity index (χ2v) is 8.51. The van der Waals surface area contributed by atoms with Gasteiger partial charge in [0.15, 0.2) is 0 Å². The summed E-state index contributed by atoms with van der Waals surface area (Å²) in [6.07, 6.45) is -2.91. The van der Waals surface area contributed by atoms with Gasteiger partial charge in [-0.1, -0.05) is 35.9 Å². The Morgan fingerprint density at radius 3 is 2.17 bits per heavy atom. The third-order valence-electron chi connectivity index (χ3n) is 5.98. The van der Waals surface area contributed by atoms with Gasteiger partial charge in [-0.25, -0.2) is 0 Å². The van der Waals surface area contributed by atoms with Crippen LogP contribution in [0, 0.1) is 6.92 Å². The van der Waals surface area contributed by atoms with Crippen molar-refractivity contribution in [2.45, 2.75) is 19.6 Å². The first-order valence-corrected chi connectivity index (χ1v) is 11.1. The first kappa shape index (κ1) is 24.3. The number of halogens is 3. The Balaban J connectivity index is 1.43. The van der Waals surface area contributed by atoms with E-state index in [9.17, 15) is 27.6 Å². The molecule has 0 N–H and O–H groups in total. The van der Waals surface area contributed by atoms with Gasteiger partial charge in [-0.2, -0.15) is 13.2 Å². The third kappa shape index (κ3) is 5.45. The zero-order valence-corrected chi connectivity index (χ0v) is 19.1. The Kier molecular flexibility index (Phi) is 6.77. The van der Waals surface area contributed by atoms with Gasteiger partial charge in [0.25, 0.3) is 17.4 Å². The number of nitrogens with zero attached hydrogens (tertiary/aromatic N) is 3. The highest BCUT2D eigenvalue weighted by molar-refractivity contribution is 5.96. The zero-order chi connectivity index (χ0) is 25.2. The van der Waals surface area contributed by atoms with E-state index in [1.54, 1.807) is 12.3 Å². The Hall–Kier alpha value is -3.88. The fraction of sp³-hybridized carbons (Fsp3) is 0.269. The molecular formula is C26H24F3N3O3. The van der Waals surface area contributed by atoms with Gasteiger partial charge in [0.05, 0.1) is 12.1 Å². The molecule has 1 aromatic heterocycles. The van der Waals surface area contributed by atoms with Crippen LogP contribution in [0.25, 0.3) is 0 Å². The predicted molar refractivity (Wildman–Crippen MR) is 124 cm³/mol. The molecular weight excluding hydrogens is 459 g/mol. The number of carbonyl (C=O) groups excluding carboxylic acids is 2. The van der Waals surface area contributed by atoms with Crippen LogP contribution >= 0.6 is 0 Å². The fourth-order valence-corrected chi connectivity index (χ4v) is 4.13. The molecule has 4 rings (SSSR count). The van der Waals surface area contributed by atoms with Crippen LogP contribution < -0.4 is 5.56 Å². The average Bonchev–Trinajstić information content (AvgIpc) is 2.84. The van der Waals surface area contributed by atoms with Crippen molar-refractivity contribution in [3.63, 3.8) is 0 Å². The molecule has 1 aliphatic heterocycles. The number of aryl methyl sites for hydroxylation is 1. The molecule has 0 bridgehead atoms. The van der Waals surface area contributed by atoms with Gasteiger partial charge in [-0.15, -0.1) is 0 Å². The Bertz CT molecular complexity index is 1310. The van der Waals surface area contributed by atoms with Crippen LogP contribution in [0.2, 0.25) is 0 Å². The normalized spacial score (nSPS) is 14.2. The lowest BCUT2D eigenvalue weighted by atomic mass is 10.1. The minimum atomic E-state index is -4.54. The van der Waals surface area contributed by atoms with Crippen LogP contribution in [0.4, 0.5) is 13.2 Å². The molecule has 0 radical (unpaired) electrons. The second kappa shape index (κ2) is 9.77. The Labute approximate surface area is 200 Å². The molecule has 6 nitrogen and oxygen atoms in total. The highest BCUT2D eigenvalue weighted by atomic mass is 19.4. The monoisotopic (exact) mass is 483 g/mol. The summed E-state index contributed by atoms with van der Waals surface area (Å²) in [5.41, 5.74) is 0.711. The molecule has 1 aliphatic rings. The second-order valence-electron chi connectivity index (χ2n) is 8.51. The van der Waals surface area contributed by atoms with Gasteiger partial charge in [0, 0.05) is 37.9 Å². The number of alkyl halides is 3. The number of aromatic nitrogens is 1. The van der Waals surface area contributed by atoms with Crippen molar-refractivity contribution >= 4 is 11.8 Å². The number of hydrogen-bond donors (Lipinski definition) is 0. The molecule has 0 aliphatic carbocycles. The van der Waals surface area contributed by atoms with Crippen molar-refractivity contribution in [2.75, 3.05) is 26.2 Å². The lowest BCUT2D eigenvalue weighted by molar-refractivity contribution is -0.137. The molecule has 0 saturated carbocycles. The molecule has 0 unspecified atom stereocenters. The summed E-state index contributed by atoms with van der Waals surface area (Å²) in [5, 5.41) is 0. The van der Waals surface area contributed by atoms with E-state index in [4.69, 9.17) is 0 Å². The van der Waals surface area contributed by atoms with Crippen molar-refractivity contribution in [1.82, 2.24) is 14.4 Å². The highest BCUT2D eigenvalue weighted by Crippen LogP contribution is 2.29. The Morgan fingerprint density at radius 1 is 0.857 bits per heavy atom. The summed E-state index contributed by atoms with van der Waals surface area (Å²) in [5.74, 6) is -0.955. The van der Waals surface area contributed by atoms with Gasteiger partial charge in [0.2, 0.25) is 0 Å². The van der Waals surface area contributed by atoms with Crippen LogP contribution in [0.5, 0.6) is 0 Å². The van der Waals surface area contributed by atoms with Crippen molar-refractivity contribution in [3.05, 3.63) is 105 Å². The van der Waals surface area contributed by atoms with Gasteiger partial charge in [-0.3, -0.25) is 14.4 Å². The van der Waals surface area contributed by atoms with E-state index in [-0.39, 0.29) is 37.3 Å². The van der Waals surface area contributed by atoms with Gasteiger partial charge >= 0.3 is 6.18 Å². The van der Waals surface area contributed by atoms with E-state index in [2.05, 4.69) is 0 Å². The Morgan fingerprint density at radius 2 is 1.51 bits per heavy atom. The molecule has 2 aromatic carbocycles. The van der Waals surface area contributed by atoms with E-state index in [0.717, 1.165) is 23.3 Å². The third-order valence-corrected chi connectivity index (χ3v) is 5.98. The molecule has 182 valence electrons. The number of hydrogen-bond acceptors (Lipinski definition) is 3. The molecule has 2 heterocycles. The van der Waals surface area contributed by atoms with Crippen LogP contribution in [-0.2, 0) is 12.7 Å². The molecule has 2 amide bonds. The topological polar surface area (TPSA) is 62.6 Å². The van der Waals surface area contributed by atoms with Crippen LogP contribution in [-0.4, -0.2) is 52.4 Å². The van der Waals surface area contributed by atoms with E-state index < -0.39 is 29.1 Å². The fourth-order valence-electron chi connectivity index (χ4n) is 4.13. The first-order chi connectivity index (χ1) is 16.6. The van der Waals surface area contributed by atoms with Crippen molar-refractivity contribution in [1.29, 1.82) is 0 Å². The average molecular weight is 483 g/mol. The molecule has 1 saturated heterocycles. The van der Waals surface area contributed by atoms with Crippen molar-refractivity contribution in [3.8, 4) is 0 Å². The summed E-state index contributed by atoms with van der Waals surface area (Å²) in [7, 11) is 0. The van der Waals surface area contributed by atoms with Crippen molar-refractivity contribution in [2.24, 2.45) is 0 Å². The molecule has 9 heteroatoms. The van der Waals surface area contributed by atoms with Gasteiger partial charge in [-0.05, 0) is 42.8 Å². The zero-order valence-electron chi connectivity index (χ0n) is 19.1. The summed E-state index contributed by atoms with van der Waals surface area (Å²) in [4.78, 5) is 41.7. The lowest BCUT2D eigenvalue weighted by Crippen LogP contribution is -2.51. The molecule has 35 heavy (non-hydrogen) atoms. The molecule has 3 aromatic rings. The maximum absolute atomic E-state index is 13.1. The summed E-state index contributed by atoms with van der Waals surface area (Å²) < 4.78 is 40.4. The highest BCUT2D eigenvalue weighted by Gasteiger charge is 2.32. The minimum absolute atomic E-state index is 0.0396. The van der Waals surface area contributed by atoms with E-state index in [1.807, 2.05) is 31.2 Å². The largest absolute Gasteiger partial charge is 0.416 e. The number of rotatable bonds is 4. The lowest BCUT2D eigenvalue weighted by Gasteiger charge is -2.34. The van der Waals surface area contributed by atoms with E-state index >= 15 is 0 Å². The van der Waals surface area contributed by atoms with Gasteiger partial charge in [0.1, 0.15) is 5.56 Å². The number of benzene rings is 2.